The van der Waals surface area contributed by atoms with Crippen LogP contribution in [-0.4, -0.2) is 15.8 Å². The zero-order valence-corrected chi connectivity index (χ0v) is 9.78. The molecule has 1 aromatic heterocycles. The molecule has 0 aliphatic carbocycles. The first-order valence-electron chi connectivity index (χ1n) is 4.93. The van der Waals surface area contributed by atoms with Crippen LogP contribution in [-0.2, 0) is 0 Å². The minimum Gasteiger partial charge on any atom is -0.313 e. The monoisotopic (exact) mass is 248 g/mol. The average molecular weight is 249 g/mol. The predicted molar refractivity (Wildman–Crippen MR) is 65.3 cm³/mol. The first kappa shape index (κ1) is 11.5. The molecule has 0 unspecified atom stereocenters. The molecule has 0 radical (unpaired) electrons. The summed E-state index contributed by atoms with van der Waals surface area (Å²) >= 11 is 5.89. The fourth-order valence-electron chi connectivity index (χ4n) is 1.55. The van der Waals surface area contributed by atoms with Crippen molar-refractivity contribution >= 4 is 17.4 Å². The van der Waals surface area contributed by atoms with Crippen LogP contribution in [0.4, 0.5) is 0 Å². The number of halogens is 1. The second kappa shape index (κ2) is 4.51. The van der Waals surface area contributed by atoms with Gasteiger partial charge in [0.15, 0.2) is 5.78 Å². The van der Waals surface area contributed by atoms with Gasteiger partial charge in [-0.1, -0.05) is 11.6 Å². The van der Waals surface area contributed by atoms with Gasteiger partial charge in [-0.3, -0.25) is 9.59 Å². The van der Waals surface area contributed by atoms with Gasteiger partial charge >= 0.3 is 0 Å². The zero-order valence-electron chi connectivity index (χ0n) is 9.03. The van der Waals surface area contributed by atoms with Gasteiger partial charge in [0.05, 0.1) is 12.0 Å². The molecule has 2 rings (SSSR count). The SMILES string of the molecule is CC(=O)c1ccc(Cl)cc1-c1cc(=O)[nH]cn1. The fraction of sp³-hybridized carbons (Fsp3) is 0.0833. The van der Waals surface area contributed by atoms with E-state index < -0.39 is 0 Å². The molecule has 1 N–H and O–H groups in total. The van der Waals surface area contributed by atoms with Crippen LogP contribution in [0.25, 0.3) is 11.3 Å². The highest BCUT2D eigenvalue weighted by Gasteiger charge is 2.11. The number of nitrogens with zero attached hydrogens (tertiary/aromatic N) is 1. The van der Waals surface area contributed by atoms with Gasteiger partial charge in [-0.25, -0.2) is 4.98 Å². The summed E-state index contributed by atoms with van der Waals surface area (Å²) in [6.07, 6.45) is 1.29. The molecule has 5 heteroatoms. The van der Waals surface area contributed by atoms with Crippen molar-refractivity contribution in [2.45, 2.75) is 6.92 Å². The number of H-pyrrole nitrogens is 1. The van der Waals surface area contributed by atoms with E-state index in [0.29, 0.717) is 21.8 Å². The summed E-state index contributed by atoms with van der Waals surface area (Å²) in [5.74, 6) is -0.0984. The highest BCUT2D eigenvalue weighted by atomic mass is 35.5. The van der Waals surface area contributed by atoms with Gasteiger partial charge in [-0.15, -0.1) is 0 Å². The smallest absolute Gasteiger partial charge is 0.251 e. The Labute approximate surface area is 102 Å². The standard InChI is InChI=1S/C12H9ClN2O2/c1-7(16)9-3-2-8(13)4-10(9)11-5-12(17)15-6-14-11/h2-6H,1H3,(H,14,15,17). The Hall–Kier alpha value is -1.94. The van der Waals surface area contributed by atoms with Crippen LogP contribution in [0.3, 0.4) is 0 Å². The molecule has 2 aromatic rings. The van der Waals surface area contributed by atoms with Crippen molar-refractivity contribution in [3.05, 3.63) is 51.5 Å². The van der Waals surface area contributed by atoms with E-state index in [1.165, 1.54) is 19.3 Å². The minimum atomic E-state index is -0.274. The van der Waals surface area contributed by atoms with E-state index in [4.69, 9.17) is 11.6 Å². The van der Waals surface area contributed by atoms with Crippen molar-refractivity contribution in [1.29, 1.82) is 0 Å². The van der Waals surface area contributed by atoms with Gasteiger partial charge in [-0.2, -0.15) is 0 Å². The first-order valence-corrected chi connectivity index (χ1v) is 5.31. The van der Waals surface area contributed by atoms with E-state index in [1.807, 2.05) is 0 Å². The molecule has 1 heterocycles. The number of benzene rings is 1. The van der Waals surface area contributed by atoms with Crippen LogP contribution >= 0.6 is 11.6 Å². The number of rotatable bonds is 2. The number of hydrogen-bond donors (Lipinski definition) is 1. The third-order valence-corrected chi connectivity index (χ3v) is 2.55. The van der Waals surface area contributed by atoms with Crippen molar-refractivity contribution in [2.75, 3.05) is 0 Å². The number of ketones is 1. The molecule has 17 heavy (non-hydrogen) atoms. The number of carbonyl (C=O) groups excluding carboxylic acids is 1. The lowest BCUT2D eigenvalue weighted by Crippen LogP contribution is -2.06. The summed E-state index contributed by atoms with van der Waals surface area (Å²) in [4.78, 5) is 29.1. The van der Waals surface area contributed by atoms with Crippen molar-refractivity contribution in [1.82, 2.24) is 9.97 Å². The Morgan fingerprint density at radius 3 is 2.76 bits per heavy atom. The first-order chi connectivity index (χ1) is 8.08. The van der Waals surface area contributed by atoms with Crippen LogP contribution in [0.5, 0.6) is 0 Å². The summed E-state index contributed by atoms with van der Waals surface area (Å²) in [7, 11) is 0. The minimum absolute atomic E-state index is 0.0984. The van der Waals surface area contributed by atoms with E-state index >= 15 is 0 Å². The quantitative estimate of drug-likeness (QED) is 0.830. The highest BCUT2D eigenvalue weighted by molar-refractivity contribution is 6.31. The van der Waals surface area contributed by atoms with Crippen LogP contribution in [0.1, 0.15) is 17.3 Å². The van der Waals surface area contributed by atoms with Crippen LogP contribution < -0.4 is 5.56 Å². The maximum absolute atomic E-state index is 11.5. The molecule has 0 saturated heterocycles. The lowest BCUT2D eigenvalue weighted by Gasteiger charge is -2.06. The van der Waals surface area contributed by atoms with Gasteiger partial charge in [-0.05, 0) is 25.1 Å². The average Bonchev–Trinajstić information content (AvgIpc) is 2.28. The number of hydrogen-bond acceptors (Lipinski definition) is 3. The van der Waals surface area contributed by atoms with E-state index in [0.717, 1.165) is 0 Å². The molecule has 0 aliphatic heterocycles. The highest BCUT2D eigenvalue weighted by Crippen LogP contribution is 2.24. The maximum atomic E-state index is 11.5. The predicted octanol–water partition coefficient (Wildman–Crippen LogP) is 2.29. The van der Waals surface area contributed by atoms with Gasteiger partial charge < -0.3 is 4.98 Å². The van der Waals surface area contributed by atoms with Gasteiger partial charge in [0.1, 0.15) is 0 Å². The Bertz CT molecular complexity index is 634. The van der Waals surface area contributed by atoms with E-state index in [2.05, 4.69) is 9.97 Å². The van der Waals surface area contributed by atoms with Gasteiger partial charge in [0, 0.05) is 22.2 Å². The Morgan fingerprint density at radius 2 is 2.12 bits per heavy atom. The third-order valence-electron chi connectivity index (χ3n) is 2.32. The van der Waals surface area contributed by atoms with Crippen LogP contribution in [0.2, 0.25) is 5.02 Å². The van der Waals surface area contributed by atoms with Crippen molar-refractivity contribution < 1.29 is 4.79 Å². The molecule has 0 saturated carbocycles. The molecule has 0 bridgehead atoms. The topological polar surface area (TPSA) is 62.8 Å². The number of Topliss-reactive ketones (excluding diaryl/α,β-unsaturated/α-hetero) is 1. The second-order valence-electron chi connectivity index (χ2n) is 3.54. The number of nitrogens with one attached hydrogen (secondary N) is 1. The summed E-state index contributed by atoms with van der Waals surface area (Å²) < 4.78 is 0. The molecule has 86 valence electrons. The molecule has 0 fully saturated rings. The maximum Gasteiger partial charge on any atom is 0.251 e. The summed E-state index contributed by atoms with van der Waals surface area (Å²) in [6, 6.07) is 6.22. The van der Waals surface area contributed by atoms with Crippen molar-refractivity contribution in [3.8, 4) is 11.3 Å². The van der Waals surface area contributed by atoms with Crippen LogP contribution in [0, 0.1) is 0 Å². The number of aromatic nitrogens is 2. The van der Waals surface area contributed by atoms with Crippen molar-refractivity contribution in [2.24, 2.45) is 0 Å². The molecule has 0 aliphatic rings. The molecular formula is C12H9ClN2O2. The number of aromatic amines is 1. The van der Waals surface area contributed by atoms with E-state index in [-0.39, 0.29) is 11.3 Å². The Balaban J connectivity index is 2.69. The molecule has 1 aromatic carbocycles. The summed E-state index contributed by atoms with van der Waals surface area (Å²) in [5, 5.41) is 0.493. The number of carbonyl (C=O) groups is 1. The molecular weight excluding hydrogens is 240 g/mol. The van der Waals surface area contributed by atoms with Crippen LogP contribution in [0.15, 0.2) is 35.4 Å². The lowest BCUT2D eigenvalue weighted by atomic mass is 10.0. The van der Waals surface area contributed by atoms with Crippen molar-refractivity contribution in [3.63, 3.8) is 0 Å². The molecule has 0 atom stereocenters. The third kappa shape index (κ3) is 2.42. The Kier molecular flexibility index (Phi) is 3.06. The van der Waals surface area contributed by atoms with E-state index in [1.54, 1.807) is 18.2 Å². The second-order valence-corrected chi connectivity index (χ2v) is 3.98. The van der Waals surface area contributed by atoms with E-state index in [9.17, 15) is 9.59 Å². The normalized spacial score (nSPS) is 10.2. The summed E-state index contributed by atoms with van der Waals surface area (Å²) in [6.45, 7) is 1.46. The van der Waals surface area contributed by atoms with Gasteiger partial charge in [0.2, 0.25) is 0 Å². The Morgan fingerprint density at radius 1 is 1.35 bits per heavy atom. The molecule has 0 spiro atoms. The molecule has 0 amide bonds. The lowest BCUT2D eigenvalue weighted by molar-refractivity contribution is 0.101. The fourth-order valence-corrected chi connectivity index (χ4v) is 1.72. The van der Waals surface area contributed by atoms with Gasteiger partial charge in [0.25, 0.3) is 5.56 Å². The largest absolute Gasteiger partial charge is 0.313 e. The zero-order chi connectivity index (χ0) is 12.4. The molecule has 4 nitrogen and oxygen atoms in total. The summed E-state index contributed by atoms with van der Waals surface area (Å²) in [5.41, 5.74) is 1.22.